The molecule has 0 aromatic carbocycles. The van der Waals surface area contributed by atoms with Gasteiger partial charge in [0.15, 0.2) is 0 Å². The van der Waals surface area contributed by atoms with Gasteiger partial charge < -0.3 is 10.6 Å². The standard InChI is InChI=1S/C41H84N2/c1-11-14-16-18-20-22-24-26-28-30-32-35(6)41(36(7)33-31-29-27-25-23-21-19-17-15-12-2)39(10)43-38(9)40(13-3)37(8)42-34(4)5/h34-38,40-43H,10-33H2,1-9H3. The highest BCUT2D eigenvalue weighted by molar-refractivity contribution is 5.04. The lowest BCUT2D eigenvalue weighted by Gasteiger charge is -2.37. The molecular formula is C41H84N2. The first-order valence-electron chi connectivity index (χ1n) is 19.9. The molecule has 2 N–H and O–H groups in total. The molecule has 0 saturated heterocycles. The van der Waals surface area contributed by atoms with E-state index < -0.39 is 0 Å². The van der Waals surface area contributed by atoms with Crippen LogP contribution in [-0.2, 0) is 0 Å². The van der Waals surface area contributed by atoms with Crippen LogP contribution >= 0.6 is 0 Å². The normalized spacial score (nSPS) is 16.1. The van der Waals surface area contributed by atoms with Gasteiger partial charge >= 0.3 is 0 Å². The molecule has 0 aromatic heterocycles. The second-order valence-electron chi connectivity index (χ2n) is 15.1. The first-order valence-corrected chi connectivity index (χ1v) is 19.9. The lowest BCUT2D eigenvalue weighted by atomic mass is 9.76. The Balaban J connectivity index is 4.86. The quantitative estimate of drug-likeness (QED) is 0.0746. The molecule has 258 valence electrons. The smallest absolute Gasteiger partial charge is 0.0272 e. The molecule has 0 rings (SSSR count). The van der Waals surface area contributed by atoms with Crippen LogP contribution in [0.5, 0.6) is 0 Å². The SMILES string of the molecule is C=C(NC(C)C(CC)C(C)NC(C)C)C(C(C)CCCCCCCCCCCC)C(C)CCCCCCCCCCCC. The predicted molar refractivity (Wildman–Crippen MR) is 198 cm³/mol. The first-order chi connectivity index (χ1) is 20.7. The van der Waals surface area contributed by atoms with Gasteiger partial charge in [-0.15, -0.1) is 0 Å². The van der Waals surface area contributed by atoms with E-state index in [1.165, 1.54) is 153 Å². The fourth-order valence-electron chi connectivity index (χ4n) is 7.80. The van der Waals surface area contributed by atoms with Crippen molar-refractivity contribution < 1.29 is 0 Å². The number of nitrogens with one attached hydrogen (secondary N) is 2. The molecule has 0 amide bonds. The van der Waals surface area contributed by atoms with Crippen molar-refractivity contribution in [2.24, 2.45) is 23.7 Å². The van der Waals surface area contributed by atoms with Crippen molar-refractivity contribution in [1.29, 1.82) is 0 Å². The molecular weight excluding hydrogens is 520 g/mol. The van der Waals surface area contributed by atoms with E-state index in [0.717, 1.165) is 0 Å². The van der Waals surface area contributed by atoms with Crippen LogP contribution in [0.25, 0.3) is 0 Å². The maximum absolute atomic E-state index is 4.74. The van der Waals surface area contributed by atoms with Crippen molar-refractivity contribution in [2.75, 3.05) is 0 Å². The predicted octanol–water partition coefficient (Wildman–Crippen LogP) is 13.4. The summed E-state index contributed by atoms with van der Waals surface area (Å²) in [6.45, 7) is 26.1. The van der Waals surface area contributed by atoms with Crippen molar-refractivity contribution in [2.45, 2.75) is 228 Å². The minimum Gasteiger partial charge on any atom is -0.386 e. The summed E-state index contributed by atoms with van der Waals surface area (Å²) in [6.07, 6.45) is 32.3. The van der Waals surface area contributed by atoms with Gasteiger partial charge in [0.25, 0.3) is 0 Å². The van der Waals surface area contributed by atoms with Crippen molar-refractivity contribution >= 4 is 0 Å². The van der Waals surface area contributed by atoms with Crippen LogP contribution in [0.1, 0.15) is 210 Å². The van der Waals surface area contributed by atoms with Crippen molar-refractivity contribution in [1.82, 2.24) is 10.6 Å². The van der Waals surface area contributed by atoms with Crippen LogP contribution in [0.15, 0.2) is 12.3 Å². The van der Waals surface area contributed by atoms with Crippen LogP contribution in [0.2, 0.25) is 0 Å². The minimum absolute atomic E-state index is 0.440. The number of unbranched alkanes of at least 4 members (excludes halogenated alkanes) is 18. The zero-order valence-electron chi connectivity index (χ0n) is 31.5. The van der Waals surface area contributed by atoms with Gasteiger partial charge in [0.1, 0.15) is 0 Å². The van der Waals surface area contributed by atoms with E-state index in [4.69, 9.17) is 6.58 Å². The van der Waals surface area contributed by atoms with Crippen LogP contribution in [0.4, 0.5) is 0 Å². The van der Waals surface area contributed by atoms with E-state index in [1.54, 1.807) is 0 Å². The van der Waals surface area contributed by atoms with E-state index in [1.807, 2.05) is 0 Å². The highest BCUT2D eigenvalue weighted by atomic mass is 15.0. The Morgan fingerprint density at radius 3 is 1.16 bits per heavy atom. The Bertz CT molecular complexity index is 569. The third-order valence-electron chi connectivity index (χ3n) is 10.4. The van der Waals surface area contributed by atoms with Gasteiger partial charge in [-0.25, -0.2) is 0 Å². The Morgan fingerprint density at radius 2 is 0.837 bits per heavy atom. The summed E-state index contributed by atoms with van der Waals surface area (Å²) >= 11 is 0. The van der Waals surface area contributed by atoms with Crippen molar-refractivity contribution in [3.05, 3.63) is 12.3 Å². The molecule has 0 aromatic rings. The summed E-state index contributed by atoms with van der Waals surface area (Å²) in [7, 11) is 0. The Hall–Kier alpha value is -0.500. The molecule has 0 spiro atoms. The molecule has 43 heavy (non-hydrogen) atoms. The molecule has 0 saturated carbocycles. The summed E-state index contributed by atoms with van der Waals surface area (Å²) in [5.41, 5.74) is 1.32. The molecule has 0 radical (unpaired) electrons. The zero-order valence-corrected chi connectivity index (χ0v) is 31.5. The van der Waals surface area contributed by atoms with Gasteiger partial charge in [0.05, 0.1) is 0 Å². The van der Waals surface area contributed by atoms with Gasteiger partial charge in [-0.05, 0) is 38.0 Å². The van der Waals surface area contributed by atoms with E-state index in [2.05, 4.69) is 72.9 Å². The molecule has 0 heterocycles. The maximum atomic E-state index is 4.74. The van der Waals surface area contributed by atoms with Crippen LogP contribution in [0, 0.1) is 23.7 Å². The van der Waals surface area contributed by atoms with Crippen LogP contribution in [0.3, 0.4) is 0 Å². The maximum Gasteiger partial charge on any atom is 0.0272 e. The second-order valence-corrected chi connectivity index (χ2v) is 15.1. The monoisotopic (exact) mass is 605 g/mol. The topological polar surface area (TPSA) is 24.1 Å². The largest absolute Gasteiger partial charge is 0.386 e. The third kappa shape index (κ3) is 22.6. The molecule has 0 aliphatic rings. The fraction of sp³-hybridized carbons (Fsp3) is 0.951. The average Bonchev–Trinajstić information content (AvgIpc) is 2.95. The number of rotatable bonds is 32. The Kier molecular flexibility index (Phi) is 28.6. The molecule has 0 bridgehead atoms. The van der Waals surface area contributed by atoms with E-state index >= 15 is 0 Å². The summed E-state index contributed by atoms with van der Waals surface area (Å²) in [5, 5.41) is 7.77. The second kappa shape index (κ2) is 28.9. The summed E-state index contributed by atoms with van der Waals surface area (Å²) in [4.78, 5) is 0. The fourth-order valence-corrected chi connectivity index (χ4v) is 7.80. The van der Waals surface area contributed by atoms with Crippen molar-refractivity contribution in [3.8, 4) is 0 Å². The molecule has 0 aliphatic heterocycles. The van der Waals surface area contributed by atoms with E-state index in [-0.39, 0.29) is 0 Å². The van der Waals surface area contributed by atoms with Crippen LogP contribution < -0.4 is 10.6 Å². The summed E-state index contributed by atoms with van der Waals surface area (Å²) < 4.78 is 0. The molecule has 5 atom stereocenters. The average molecular weight is 605 g/mol. The van der Waals surface area contributed by atoms with Gasteiger partial charge in [-0.2, -0.15) is 0 Å². The highest BCUT2D eigenvalue weighted by Gasteiger charge is 2.29. The number of hydrogen-bond acceptors (Lipinski definition) is 2. The molecule has 0 fully saturated rings. The number of hydrogen-bond donors (Lipinski definition) is 2. The van der Waals surface area contributed by atoms with E-state index in [0.29, 0.717) is 41.8 Å². The lowest BCUT2D eigenvalue weighted by Crippen LogP contribution is -2.47. The Labute approximate surface area is 274 Å². The third-order valence-corrected chi connectivity index (χ3v) is 10.4. The number of allylic oxidation sites excluding steroid dienone is 1. The summed E-state index contributed by atoms with van der Waals surface area (Å²) in [5.74, 6) is 2.58. The van der Waals surface area contributed by atoms with Crippen LogP contribution in [-0.4, -0.2) is 18.1 Å². The summed E-state index contributed by atoms with van der Waals surface area (Å²) in [6, 6.07) is 1.47. The van der Waals surface area contributed by atoms with Crippen molar-refractivity contribution in [3.63, 3.8) is 0 Å². The first kappa shape index (κ1) is 42.5. The van der Waals surface area contributed by atoms with E-state index in [9.17, 15) is 0 Å². The van der Waals surface area contributed by atoms with Gasteiger partial charge in [0, 0.05) is 29.7 Å². The minimum atomic E-state index is 0.440. The van der Waals surface area contributed by atoms with Gasteiger partial charge in [0.2, 0.25) is 0 Å². The lowest BCUT2D eigenvalue weighted by molar-refractivity contribution is 0.229. The Morgan fingerprint density at radius 1 is 0.488 bits per heavy atom. The van der Waals surface area contributed by atoms with Gasteiger partial charge in [-0.3, -0.25) is 0 Å². The molecule has 2 nitrogen and oxygen atoms in total. The molecule has 2 heteroatoms. The zero-order chi connectivity index (χ0) is 32.3. The molecule has 0 aliphatic carbocycles. The highest BCUT2D eigenvalue weighted by Crippen LogP contribution is 2.34. The van der Waals surface area contributed by atoms with Gasteiger partial charge in [-0.1, -0.05) is 196 Å². The molecule has 5 unspecified atom stereocenters.